The summed E-state index contributed by atoms with van der Waals surface area (Å²) < 4.78 is 0. The van der Waals surface area contributed by atoms with Crippen LogP contribution >= 0.6 is 0 Å². The molecule has 0 aromatic rings. The second-order valence-electron chi connectivity index (χ2n) is 2.77. The van der Waals surface area contributed by atoms with Gasteiger partial charge in [-0.1, -0.05) is 19.8 Å². The van der Waals surface area contributed by atoms with E-state index in [2.05, 4.69) is 5.32 Å². The summed E-state index contributed by atoms with van der Waals surface area (Å²) in [6.45, 7) is 1.95. The molecule has 1 amide bonds. The van der Waals surface area contributed by atoms with Crippen LogP contribution < -0.4 is 5.32 Å². The summed E-state index contributed by atoms with van der Waals surface area (Å²) in [6.07, 6.45) is -0.310. The number of hydrogen-bond acceptors (Lipinski definition) is 3. The maximum absolute atomic E-state index is 10.3. The van der Waals surface area contributed by atoms with E-state index in [9.17, 15) is 4.79 Å². The van der Waals surface area contributed by atoms with Crippen LogP contribution in [-0.4, -0.2) is 28.5 Å². The number of hydrogen-bond donors (Lipinski definition) is 3. The average Bonchev–Trinajstić information content (AvgIpc) is 2.10. The first-order valence-corrected chi connectivity index (χ1v) is 4.19. The first-order chi connectivity index (χ1) is 6.11. The molecule has 0 aliphatic carbocycles. The second kappa shape index (κ2) is 6.26. The van der Waals surface area contributed by atoms with Gasteiger partial charge in [-0.25, -0.2) is 4.79 Å². The van der Waals surface area contributed by atoms with Crippen LogP contribution in [0.3, 0.4) is 0 Å². The van der Waals surface area contributed by atoms with E-state index in [0.29, 0.717) is 6.42 Å². The van der Waals surface area contributed by atoms with Gasteiger partial charge in [-0.15, -0.1) is 0 Å². The molecule has 0 aromatic heterocycles. The van der Waals surface area contributed by atoms with Crippen molar-refractivity contribution < 1.29 is 15.0 Å². The van der Waals surface area contributed by atoms with Crippen molar-refractivity contribution in [1.82, 2.24) is 5.32 Å². The zero-order chi connectivity index (χ0) is 10.3. The Morgan fingerprint density at radius 1 is 1.69 bits per heavy atom. The lowest BCUT2D eigenvalue weighted by molar-refractivity contribution is 0.150. The standard InChI is InChI=1S/C8H14N2O3/c1-2-3-4-6(7(11)5-9)10-8(12)13/h6-7,10-11H,2-4H2,1H3,(H,12,13)/t6-,7-/m0/s1. The number of carboxylic acid groups (broad SMARTS) is 1. The molecular weight excluding hydrogens is 172 g/mol. The van der Waals surface area contributed by atoms with Crippen LogP contribution in [0.15, 0.2) is 0 Å². The fourth-order valence-electron chi connectivity index (χ4n) is 0.982. The molecule has 0 bridgehead atoms. The quantitative estimate of drug-likeness (QED) is 0.551. The molecule has 0 rings (SSSR count). The van der Waals surface area contributed by atoms with Crippen molar-refractivity contribution in [2.75, 3.05) is 0 Å². The molecule has 0 aliphatic heterocycles. The molecule has 0 saturated heterocycles. The molecule has 0 radical (unpaired) electrons. The van der Waals surface area contributed by atoms with Crippen LogP contribution in [0, 0.1) is 11.3 Å². The van der Waals surface area contributed by atoms with Crippen molar-refractivity contribution in [3.63, 3.8) is 0 Å². The zero-order valence-corrected chi connectivity index (χ0v) is 7.53. The van der Waals surface area contributed by atoms with E-state index in [-0.39, 0.29) is 0 Å². The summed E-state index contributed by atoms with van der Waals surface area (Å²) in [5.74, 6) is 0. The number of carbonyl (C=O) groups is 1. The summed E-state index contributed by atoms with van der Waals surface area (Å²) in [4.78, 5) is 10.3. The van der Waals surface area contributed by atoms with E-state index < -0.39 is 18.2 Å². The maximum atomic E-state index is 10.3. The Kier molecular flexibility index (Phi) is 5.64. The number of nitriles is 1. The van der Waals surface area contributed by atoms with Crippen LogP contribution in [0.4, 0.5) is 4.79 Å². The summed E-state index contributed by atoms with van der Waals surface area (Å²) in [5.41, 5.74) is 0. The summed E-state index contributed by atoms with van der Waals surface area (Å²) >= 11 is 0. The van der Waals surface area contributed by atoms with E-state index in [4.69, 9.17) is 15.5 Å². The number of unbranched alkanes of at least 4 members (excludes halogenated alkanes) is 1. The Labute approximate surface area is 77.0 Å². The zero-order valence-electron chi connectivity index (χ0n) is 7.53. The number of aliphatic hydroxyl groups excluding tert-OH is 1. The van der Waals surface area contributed by atoms with Crippen molar-refractivity contribution in [1.29, 1.82) is 5.26 Å². The van der Waals surface area contributed by atoms with E-state index in [1.54, 1.807) is 6.07 Å². The molecule has 0 spiro atoms. The maximum Gasteiger partial charge on any atom is 0.405 e. The van der Waals surface area contributed by atoms with Crippen LogP contribution in [0.5, 0.6) is 0 Å². The third kappa shape index (κ3) is 5.04. The van der Waals surface area contributed by atoms with Crippen molar-refractivity contribution in [2.24, 2.45) is 0 Å². The molecule has 5 heteroatoms. The minimum absolute atomic E-state index is 0.484. The van der Waals surface area contributed by atoms with Gasteiger partial charge < -0.3 is 15.5 Å². The Bertz CT molecular complexity index is 200. The van der Waals surface area contributed by atoms with Gasteiger partial charge in [0, 0.05) is 0 Å². The monoisotopic (exact) mass is 186 g/mol. The predicted molar refractivity (Wildman–Crippen MR) is 46.1 cm³/mol. The normalized spacial score (nSPS) is 14.2. The third-order valence-corrected chi connectivity index (χ3v) is 1.69. The molecule has 13 heavy (non-hydrogen) atoms. The highest BCUT2D eigenvalue weighted by molar-refractivity contribution is 5.65. The smallest absolute Gasteiger partial charge is 0.405 e. The Balaban J connectivity index is 4.03. The van der Waals surface area contributed by atoms with E-state index >= 15 is 0 Å². The van der Waals surface area contributed by atoms with Crippen molar-refractivity contribution in [3.05, 3.63) is 0 Å². The first kappa shape index (κ1) is 11.7. The lowest BCUT2D eigenvalue weighted by Gasteiger charge is -2.17. The number of nitrogens with one attached hydrogen (secondary N) is 1. The van der Waals surface area contributed by atoms with Gasteiger partial charge in [0.05, 0.1) is 12.1 Å². The van der Waals surface area contributed by atoms with Gasteiger partial charge in [-0.3, -0.25) is 0 Å². The molecule has 5 nitrogen and oxygen atoms in total. The molecule has 0 heterocycles. The van der Waals surface area contributed by atoms with Crippen molar-refractivity contribution in [3.8, 4) is 6.07 Å². The minimum Gasteiger partial charge on any atom is -0.465 e. The predicted octanol–water partition coefficient (Wildman–Crippen LogP) is 0.697. The number of nitrogens with zero attached hydrogens (tertiary/aromatic N) is 1. The number of rotatable bonds is 5. The Morgan fingerprint density at radius 2 is 2.31 bits per heavy atom. The van der Waals surface area contributed by atoms with Gasteiger partial charge in [-0.05, 0) is 6.42 Å². The summed E-state index contributed by atoms with van der Waals surface area (Å²) in [6, 6.07) is 0.931. The molecular formula is C8H14N2O3. The van der Waals surface area contributed by atoms with Gasteiger partial charge in [0.1, 0.15) is 0 Å². The van der Waals surface area contributed by atoms with Crippen LogP contribution in [0.2, 0.25) is 0 Å². The fourth-order valence-corrected chi connectivity index (χ4v) is 0.982. The van der Waals surface area contributed by atoms with E-state index in [1.807, 2.05) is 6.92 Å². The molecule has 2 atom stereocenters. The van der Waals surface area contributed by atoms with Crippen LogP contribution in [0.1, 0.15) is 26.2 Å². The van der Waals surface area contributed by atoms with Gasteiger partial charge >= 0.3 is 6.09 Å². The molecule has 0 saturated carbocycles. The Hall–Kier alpha value is -1.28. The molecule has 0 aromatic carbocycles. The van der Waals surface area contributed by atoms with Gasteiger partial charge in [0.25, 0.3) is 0 Å². The molecule has 3 N–H and O–H groups in total. The second-order valence-corrected chi connectivity index (χ2v) is 2.77. The highest BCUT2D eigenvalue weighted by Crippen LogP contribution is 2.04. The molecule has 0 unspecified atom stereocenters. The largest absolute Gasteiger partial charge is 0.465 e. The lowest BCUT2D eigenvalue weighted by atomic mass is 10.1. The molecule has 74 valence electrons. The highest BCUT2D eigenvalue weighted by Gasteiger charge is 2.19. The average molecular weight is 186 g/mol. The fraction of sp³-hybridized carbons (Fsp3) is 0.750. The third-order valence-electron chi connectivity index (χ3n) is 1.69. The summed E-state index contributed by atoms with van der Waals surface area (Å²) in [7, 11) is 0. The van der Waals surface area contributed by atoms with Gasteiger partial charge in [-0.2, -0.15) is 5.26 Å². The van der Waals surface area contributed by atoms with E-state index in [1.165, 1.54) is 0 Å². The minimum atomic E-state index is -1.26. The number of aliphatic hydroxyl groups is 1. The van der Waals surface area contributed by atoms with Gasteiger partial charge in [0.2, 0.25) is 0 Å². The van der Waals surface area contributed by atoms with Crippen LogP contribution in [-0.2, 0) is 0 Å². The summed E-state index contributed by atoms with van der Waals surface area (Å²) in [5, 5.41) is 28.0. The number of amides is 1. The SMILES string of the molecule is CCCC[C@H](NC(=O)O)[C@@H](O)C#N. The topological polar surface area (TPSA) is 93.3 Å². The van der Waals surface area contributed by atoms with Crippen LogP contribution in [0.25, 0.3) is 0 Å². The van der Waals surface area contributed by atoms with E-state index in [0.717, 1.165) is 12.8 Å². The lowest BCUT2D eigenvalue weighted by Crippen LogP contribution is -2.42. The molecule has 0 aliphatic rings. The molecule has 0 fully saturated rings. The van der Waals surface area contributed by atoms with Gasteiger partial charge in [0.15, 0.2) is 6.10 Å². The highest BCUT2D eigenvalue weighted by atomic mass is 16.4. The first-order valence-electron chi connectivity index (χ1n) is 4.19. The van der Waals surface area contributed by atoms with Crippen molar-refractivity contribution in [2.45, 2.75) is 38.3 Å². The Morgan fingerprint density at radius 3 is 2.69 bits per heavy atom. The van der Waals surface area contributed by atoms with Crippen molar-refractivity contribution >= 4 is 6.09 Å².